The van der Waals surface area contributed by atoms with Gasteiger partial charge < -0.3 is 5.73 Å². The summed E-state index contributed by atoms with van der Waals surface area (Å²) >= 11 is 1.75. The van der Waals surface area contributed by atoms with Gasteiger partial charge in [0.1, 0.15) is 0 Å². The molecule has 0 aliphatic heterocycles. The Labute approximate surface area is 103 Å². The van der Waals surface area contributed by atoms with E-state index in [9.17, 15) is 0 Å². The fourth-order valence-corrected chi connectivity index (χ4v) is 2.45. The molecule has 0 radical (unpaired) electrons. The van der Waals surface area contributed by atoms with Gasteiger partial charge in [-0.3, -0.25) is 4.90 Å². The third-order valence-corrected chi connectivity index (χ3v) is 3.63. The molecule has 0 amide bonds. The lowest BCUT2D eigenvalue weighted by atomic mass is 9.93. The van der Waals surface area contributed by atoms with Gasteiger partial charge in [0.25, 0.3) is 0 Å². The van der Waals surface area contributed by atoms with Gasteiger partial charge in [-0.15, -0.1) is 11.3 Å². The minimum Gasteiger partial charge on any atom is -0.330 e. The fraction of sp³-hybridized carbons (Fsp3) is 0.750. The van der Waals surface area contributed by atoms with Crippen molar-refractivity contribution in [3.8, 4) is 0 Å². The van der Waals surface area contributed by atoms with Gasteiger partial charge in [0.05, 0.1) is 10.7 Å². The number of hydrogen-bond donors (Lipinski definition) is 1. The van der Waals surface area contributed by atoms with Gasteiger partial charge in [0.2, 0.25) is 0 Å². The van der Waals surface area contributed by atoms with Gasteiger partial charge in [-0.25, -0.2) is 4.98 Å². The summed E-state index contributed by atoms with van der Waals surface area (Å²) in [6, 6.07) is 0. The van der Waals surface area contributed by atoms with Crippen LogP contribution in [-0.2, 0) is 13.0 Å². The van der Waals surface area contributed by atoms with Crippen LogP contribution in [-0.4, -0.2) is 30.0 Å². The van der Waals surface area contributed by atoms with Crippen LogP contribution in [0.15, 0.2) is 5.38 Å². The van der Waals surface area contributed by atoms with E-state index in [1.807, 2.05) is 0 Å². The summed E-state index contributed by atoms with van der Waals surface area (Å²) in [7, 11) is 2.13. The van der Waals surface area contributed by atoms with Crippen molar-refractivity contribution in [3.63, 3.8) is 0 Å². The second kappa shape index (κ2) is 5.75. The number of hydrogen-bond acceptors (Lipinski definition) is 4. The Morgan fingerprint density at radius 3 is 2.69 bits per heavy atom. The zero-order valence-electron chi connectivity index (χ0n) is 10.8. The van der Waals surface area contributed by atoms with Crippen molar-refractivity contribution in [1.82, 2.24) is 9.88 Å². The molecule has 0 aliphatic rings. The van der Waals surface area contributed by atoms with Crippen LogP contribution < -0.4 is 5.73 Å². The predicted molar refractivity (Wildman–Crippen MR) is 70.7 cm³/mol. The first-order chi connectivity index (χ1) is 7.46. The largest absolute Gasteiger partial charge is 0.330 e. The summed E-state index contributed by atoms with van der Waals surface area (Å²) < 4.78 is 0. The number of nitrogens with two attached hydrogens (primary N) is 1. The third kappa shape index (κ3) is 4.20. The summed E-state index contributed by atoms with van der Waals surface area (Å²) in [5.41, 5.74) is 7.09. The van der Waals surface area contributed by atoms with E-state index in [0.717, 1.165) is 19.5 Å². The molecule has 1 heterocycles. The van der Waals surface area contributed by atoms with Crippen LogP contribution in [0.5, 0.6) is 0 Å². The highest BCUT2D eigenvalue weighted by atomic mass is 32.1. The molecule has 0 saturated heterocycles. The topological polar surface area (TPSA) is 42.2 Å². The zero-order chi connectivity index (χ0) is 12.2. The van der Waals surface area contributed by atoms with Gasteiger partial charge in [-0.2, -0.15) is 0 Å². The average molecular weight is 241 g/mol. The van der Waals surface area contributed by atoms with Crippen LogP contribution in [0, 0.1) is 5.41 Å². The molecule has 2 N–H and O–H groups in total. The molecule has 0 saturated carbocycles. The Morgan fingerprint density at radius 2 is 2.19 bits per heavy atom. The minimum atomic E-state index is 0.179. The normalized spacial score (nSPS) is 12.4. The number of thiazole rings is 1. The molecule has 0 atom stereocenters. The van der Waals surface area contributed by atoms with Crippen LogP contribution in [0.25, 0.3) is 0 Å². The molecule has 0 unspecified atom stereocenters. The van der Waals surface area contributed by atoms with E-state index >= 15 is 0 Å². The molecule has 0 fully saturated rings. The molecule has 92 valence electrons. The number of nitrogens with zero attached hydrogens (tertiary/aromatic N) is 2. The Balaban J connectivity index is 2.48. The quantitative estimate of drug-likeness (QED) is 0.829. The van der Waals surface area contributed by atoms with Crippen molar-refractivity contribution in [1.29, 1.82) is 0 Å². The van der Waals surface area contributed by atoms with E-state index in [-0.39, 0.29) is 5.41 Å². The summed E-state index contributed by atoms with van der Waals surface area (Å²) in [5, 5.41) is 3.38. The van der Waals surface area contributed by atoms with E-state index in [2.05, 4.69) is 43.1 Å². The fourth-order valence-electron chi connectivity index (χ4n) is 1.71. The van der Waals surface area contributed by atoms with E-state index in [0.29, 0.717) is 6.54 Å². The maximum absolute atomic E-state index is 5.73. The number of aryl methyl sites for hydroxylation is 1. The summed E-state index contributed by atoms with van der Waals surface area (Å²) in [6.07, 6.45) is 1.03. The second-order valence-electron chi connectivity index (χ2n) is 5.13. The van der Waals surface area contributed by atoms with E-state index in [4.69, 9.17) is 5.73 Å². The van der Waals surface area contributed by atoms with E-state index in [1.165, 1.54) is 10.7 Å². The maximum Gasteiger partial charge on any atom is 0.0926 e. The van der Waals surface area contributed by atoms with Crippen LogP contribution in [0.1, 0.15) is 31.5 Å². The van der Waals surface area contributed by atoms with E-state index in [1.54, 1.807) is 11.3 Å². The van der Waals surface area contributed by atoms with Gasteiger partial charge in [0, 0.05) is 18.5 Å². The average Bonchev–Trinajstić information content (AvgIpc) is 2.64. The molecule has 16 heavy (non-hydrogen) atoms. The molecule has 1 aromatic rings. The standard InChI is InChI=1S/C12H23N3S/c1-5-11-14-10(7-16-11)6-15(4)9-12(2,3)8-13/h7H,5-6,8-9,13H2,1-4H3. The smallest absolute Gasteiger partial charge is 0.0926 e. The van der Waals surface area contributed by atoms with Gasteiger partial charge >= 0.3 is 0 Å². The summed E-state index contributed by atoms with van der Waals surface area (Å²) in [5.74, 6) is 0. The Kier molecular flexibility index (Phi) is 4.89. The lowest BCUT2D eigenvalue weighted by molar-refractivity contribution is 0.208. The van der Waals surface area contributed by atoms with Crippen molar-refractivity contribution in [2.24, 2.45) is 11.1 Å². The SMILES string of the molecule is CCc1nc(CN(C)CC(C)(C)CN)cs1. The Bertz CT molecular complexity index is 320. The molecule has 0 aliphatic carbocycles. The molecule has 4 heteroatoms. The first kappa shape index (κ1) is 13.6. The molecule has 0 spiro atoms. The molecular weight excluding hydrogens is 218 g/mol. The van der Waals surface area contributed by atoms with Gasteiger partial charge in [0.15, 0.2) is 0 Å². The van der Waals surface area contributed by atoms with Crippen LogP contribution >= 0.6 is 11.3 Å². The van der Waals surface area contributed by atoms with Gasteiger partial charge in [-0.1, -0.05) is 20.8 Å². The Hall–Kier alpha value is -0.450. The van der Waals surface area contributed by atoms with Crippen LogP contribution in [0.2, 0.25) is 0 Å². The first-order valence-corrected chi connectivity index (χ1v) is 6.66. The molecular formula is C12H23N3S. The maximum atomic E-state index is 5.73. The lowest BCUT2D eigenvalue weighted by Gasteiger charge is -2.28. The molecule has 3 nitrogen and oxygen atoms in total. The number of rotatable bonds is 6. The van der Waals surface area contributed by atoms with E-state index < -0.39 is 0 Å². The Morgan fingerprint density at radius 1 is 1.50 bits per heavy atom. The van der Waals surface area contributed by atoms with Crippen LogP contribution in [0.3, 0.4) is 0 Å². The van der Waals surface area contributed by atoms with Crippen molar-refractivity contribution >= 4 is 11.3 Å². The van der Waals surface area contributed by atoms with Crippen molar-refractivity contribution in [2.75, 3.05) is 20.1 Å². The first-order valence-electron chi connectivity index (χ1n) is 5.78. The predicted octanol–water partition coefficient (Wildman–Crippen LogP) is 2.12. The van der Waals surface area contributed by atoms with Crippen molar-refractivity contribution < 1.29 is 0 Å². The number of aromatic nitrogens is 1. The summed E-state index contributed by atoms with van der Waals surface area (Å²) in [4.78, 5) is 6.86. The highest BCUT2D eigenvalue weighted by molar-refractivity contribution is 7.09. The molecule has 0 bridgehead atoms. The molecule has 1 aromatic heterocycles. The minimum absolute atomic E-state index is 0.179. The van der Waals surface area contributed by atoms with Gasteiger partial charge in [-0.05, 0) is 25.4 Å². The molecule has 1 rings (SSSR count). The van der Waals surface area contributed by atoms with Crippen LogP contribution in [0.4, 0.5) is 0 Å². The highest BCUT2D eigenvalue weighted by Crippen LogP contribution is 2.16. The second-order valence-corrected chi connectivity index (χ2v) is 6.07. The molecule has 0 aromatic carbocycles. The lowest BCUT2D eigenvalue weighted by Crippen LogP contribution is -2.36. The zero-order valence-corrected chi connectivity index (χ0v) is 11.6. The monoisotopic (exact) mass is 241 g/mol. The van der Waals surface area contributed by atoms with Crippen molar-refractivity contribution in [3.05, 3.63) is 16.1 Å². The van der Waals surface area contributed by atoms with Crippen molar-refractivity contribution in [2.45, 2.75) is 33.7 Å². The summed E-state index contributed by atoms with van der Waals surface area (Å²) in [6.45, 7) is 9.17. The third-order valence-electron chi connectivity index (χ3n) is 2.58. The highest BCUT2D eigenvalue weighted by Gasteiger charge is 2.18.